The van der Waals surface area contributed by atoms with Gasteiger partial charge in [0.05, 0.1) is 5.69 Å². The van der Waals surface area contributed by atoms with Crippen molar-refractivity contribution in [3.63, 3.8) is 0 Å². The van der Waals surface area contributed by atoms with Crippen LogP contribution < -0.4 is 5.32 Å². The molecule has 6 heteroatoms. The van der Waals surface area contributed by atoms with Gasteiger partial charge in [-0.1, -0.05) is 5.16 Å². The van der Waals surface area contributed by atoms with Crippen LogP contribution in [-0.4, -0.2) is 21.7 Å². The zero-order valence-electron chi connectivity index (χ0n) is 8.65. The summed E-state index contributed by atoms with van der Waals surface area (Å²) in [6, 6.07) is 0. The minimum atomic E-state index is 0.715. The molecule has 2 rings (SSSR count). The topological polar surface area (TPSA) is 63.8 Å². The molecular weight excluding hydrogens is 212 g/mol. The summed E-state index contributed by atoms with van der Waals surface area (Å²) in [4.78, 5) is 9.55. The molecule has 0 saturated carbocycles. The Morgan fingerprint density at radius 3 is 2.93 bits per heavy atom. The highest BCUT2D eigenvalue weighted by Gasteiger charge is 2.03. The largest absolute Gasteiger partial charge is 0.361 e. The first-order valence-electron chi connectivity index (χ1n) is 4.69. The Bertz CT molecular complexity index is 404. The minimum absolute atomic E-state index is 0.715. The predicted octanol–water partition coefficient (Wildman–Crippen LogP) is 1.80. The van der Waals surface area contributed by atoms with E-state index in [1.54, 1.807) is 11.3 Å². The van der Waals surface area contributed by atoms with Crippen LogP contribution in [0.15, 0.2) is 10.9 Å². The van der Waals surface area contributed by atoms with Crippen molar-refractivity contribution in [2.45, 2.75) is 20.3 Å². The molecule has 0 saturated heterocycles. The van der Waals surface area contributed by atoms with Gasteiger partial charge >= 0.3 is 0 Å². The third kappa shape index (κ3) is 2.53. The van der Waals surface area contributed by atoms with E-state index in [1.807, 2.05) is 6.92 Å². The van der Waals surface area contributed by atoms with Gasteiger partial charge in [-0.05, 0) is 13.8 Å². The average molecular weight is 224 g/mol. The molecule has 0 amide bonds. The molecule has 0 aromatic carbocycles. The van der Waals surface area contributed by atoms with Crippen LogP contribution >= 0.6 is 11.3 Å². The number of rotatable bonds is 4. The summed E-state index contributed by atoms with van der Waals surface area (Å²) in [5, 5.41) is 7.91. The number of nitrogens with zero attached hydrogens (tertiary/aromatic N) is 3. The molecule has 80 valence electrons. The van der Waals surface area contributed by atoms with E-state index in [-0.39, 0.29) is 0 Å². The van der Waals surface area contributed by atoms with Crippen LogP contribution in [0, 0.1) is 13.8 Å². The number of aryl methyl sites for hydroxylation is 2. The first-order valence-corrected chi connectivity index (χ1v) is 5.50. The average Bonchev–Trinajstić information content (AvgIpc) is 2.79. The third-order valence-corrected chi connectivity index (χ3v) is 3.09. The molecule has 2 aromatic heterocycles. The van der Waals surface area contributed by atoms with E-state index in [4.69, 9.17) is 0 Å². The molecule has 0 spiro atoms. The van der Waals surface area contributed by atoms with E-state index in [0.29, 0.717) is 5.82 Å². The molecule has 0 aliphatic heterocycles. The molecule has 2 aromatic rings. The van der Waals surface area contributed by atoms with Gasteiger partial charge in [-0.2, -0.15) is 4.98 Å². The SMILES string of the molecule is Cc1nc(NCCc2ncon2)sc1C. The summed E-state index contributed by atoms with van der Waals surface area (Å²) in [5.41, 5.74) is 1.09. The van der Waals surface area contributed by atoms with E-state index in [0.717, 1.165) is 23.8 Å². The van der Waals surface area contributed by atoms with Crippen LogP contribution in [0.2, 0.25) is 0 Å². The Labute approximate surface area is 91.5 Å². The lowest BCUT2D eigenvalue weighted by Crippen LogP contribution is -2.05. The molecule has 15 heavy (non-hydrogen) atoms. The van der Waals surface area contributed by atoms with Gasteiger partial charge in [-0.15, -0.1) is 11.3 Å². The first-order chi connectivity index (χ1) is 7.25. The Morgan fingerprint density at radius 1 is 1.47 bits per heavy atom. The lowest BCUT2D eigenvalue weighted by Gasteiger charge is -1.98. The molecule has 5 nitrogen and oxygen atoms in total. The number of nitrogens with one attached hydrogen (secondary N) is 1. The van der Waals surface area contributed by atoms with Crippen molar-refractivity contribution in [2.24, 2.45) is 0 Å². The summed E-state index contributed by atoms with van der Waals surface area (Å²) in [6.07, 6.45) is 2.08. The van der Waals surface area contributed by atoms with Gasteiger partial charge in [0.1, 0.15) is 0 Å². The second-order valence-corrected chi connectivity index (χ2v) is 4.39. The fraction of sp³-hybridized carbons (Fsp3) is 0.444. The molecule has 0 aliphatic carbocycles. The zero-order chi connectivity index (χ0) is 10.7. The molecule has 0 radical (unpaired) electrons. The van der Waals surface area contributed by atoms with E-state index >= 15 is 0 Å². The normalized spacial score (nSPS) is 10.5. The first kappa shape index (κ1) is 10.1. The minimum Gasteiger partial charge on any atom is -0.361 e. The highest BCUT2D eigenvalue weighted by Crippen LogP contribution is 2.20. The number of thiazole rings is 1. The van der Waals surface area contributed by atoms with E-state index < -0.39 is 0 Å². The summed E-state index contributed by atoms with van der Waals surface area (Å²) in [7, 11) is 0. The Kier molecular flexibility index (Phi) is 2.96. The summed E-state index contributed by atoms with van der Waals surface area (Å²) in [6.45, 7) is 4.85. The molecule has 0 bridgehead atoms. The van der Waals surface area contributed by atoms with Gasteiger partial charge in [-0.3, -0.25) is 0 Å². The second-order valence-electron chi connectivity index (χ2n) is 3.18. The highest BCUT2D eigenvalue weighted by molar-refractivity contribution is 7.15. The maximum absolute atomic E-state index is 4.64. The highest BCUT2D eigenvalue weighted by atomic mass is 32.1. The molecule has 0 atom stereocenters. The van der Waals surface area contributed by atoms with Crippen LogP contribution in [-0.2, 0) is 6.42 Å². The third-order valence-electron chi connectivity index (χ3n) is 2.06. The monoisotopic (exact) mass is 224 g/mol. The van der Waals surface area contributed by atoms with E-state index in [9.17, 15) is 0 Å². The summed E-state index contributed by atoms with van der Waals surface area (Å²) < 4.78 is 4.64. The Hall–Kier alpha value is -1.43. The Balaban J connectivity index is 1.83. The Morgan fingerprint density at radius 2 is 2.33 bits per heavy atom. The van der Waals surface area contributed by atoms with Crippen LogP contribution in [0.5, 0.6) is 0 Å². The number of hydrogen-bond donors (Lipinski definition) is 1. The second kappa shape index (κ2) is 4.39. The maximum atomic E-state index is 4.64. The van der Waals surface area contributed by atoms with Crippen molar-refractivity contribution >= 4 is 16.5 Å². The lowest BCUT2D eigenvalue weighted by atomic mass is 10.4. The van der Waals surface area contributed by atoms with Crippen molar-refractivity contribution in [1.82, 2.24) is 15.1 Å². The van der Waals surface area contributed by atoms with Crippen LogP contribution in [0.1, 0.15) is 16.4 Å². The lowest BCUT2D eigenvalue weighted by molar-refractivity contribution is 0.410. The quantitative estimate of drug-likeness (QED) is 0.857. The van der Waals surface area contributed by atoms with E-state index in [2.05, 4.69) is 31.9 Å². The fourth-order valence-corrected chi connectivity index (χ4v) is 1.97. The van der Waals surface area contributed by atoms with Crippen molar-refractivity contribution in [3.05, 3.63) is 22.8 Å². The van der Waals surface area contributed by atoms with Crippen LogP contribution in [0.3, 0.4) is 0 Å². The van der Waals surface area contributed by atoms with Gasteiger partial charge in [0.25, 0.3) is 0 Å². The maximum Gasteiger partial charge on any atom is 0.213 e. The van der Waals surface area contributed by atoms with Crippen molar-refractivity contribution < 1.29 is 4.52 Å². The standard InChI is InChI=1S/C9H12N4OS/c1-6-7(2)15-9(12-6)10-4-3-8-11-5-14-13-8/h5H,3-4H2,1-2H3,(H,10,12). The van der Waals surface area contributed by atoms with Crippen LogP contribution in [0.25, 0.3) is 0 Å². The molecule has 2 heterocycles. The van der Waals surface area contributed by atoms with Crippen molar-refractivity contribution in [2.75, 3.05) is 11.9 Å². The van der Waals surface area contributed by atoms with Gasteiger partial charge in [0.15, 0.2) is 11.0 Å². The zero-order valence-corrected chi connectivity index (χ0v) is 9.47. The molecule has 0 unspecified atom stereocenters. The van der Waals surface area contributed by atoms with E-state index in [1.165, 1.54) is 11.3 Å². The van der Waals surface area contributed by atoms with Crippen molar-refractivity contribution in [3.8, 4) is 0 Å². The smallest absolute Gasteiger partial charge is 0.213 e. The van der Waals surface area contributed by atoms with Crippen molar-refractivity contribution in [1.29, 1.82) is 0 Å². The van der Waals surface area contributed by atoms with Gasteiger partial charge in [-0.25, -0.2) is 4.98 Å². The van der Waals surface area contributed by atoms with Gasteiger partial charge in [0.2, 0.25) is 6.39 Å². The van der Waals surface area contributed by atoms with Crippen LogP contribution in [0.4, 0.5) is 5.13 Å². The van der Waals surface area contributed by atoms with Gasteiger partial charge < -0.3 is 9.84 Å². The summed E-state index contributed by atoms with van der Waals surface area (Å²) >= 11 is 1.67. The van der Waals surface area contributed by atoms with Gasteiger partial charge in [0, 0.05) is 17.8 Å². The number of aromatic nitrogens is 3. The summed E-state index contributed by atoms with van der Waals surface area (Å²) in [5.74, 6) is 0.715. The number of hydrogen-bond acceptors (Lipinski definition) is 6. The fourth-order valence-electron chi connectivity index (χ4n) is 1.13. The number of anilines is 1. The molecular formula is C9H12N4OS. The molecule has 0 aliphatic rings. The predicted molar refractivity (Wildman–Crippen MR) is 58.1 cm³/mol. The molecule has 0 fully saturated rings. The molecule has 1 N–H and O–H groups in total.